The highest BCUT2D eigenvalue weighted by molar-refractivity contribution is 6.31. The molecule has 0 amide bonds. The minimum Gasteiger partial charge on any atom is -0.497 e. The van der Waals surface area contributed by atoms with Crippen molar-refractivity contribution in [2.45, 2.75) is 0 Å². The van der Waals surface area contributed by atoms with E-state index in [1.54, 1.807) is 14.2 Å². The van der Waals surface area contributed by atoms with E-state index in [0.29, 0.717) is 23.8 Å². The maximum Gasteiger partial charge on any atom is 0.177 e. The molecule has 0 bridgehead atoms. The molecule has 4 rings (SSSR count). The number of fused-ring (bicyclic) bond motifs is 5. The lowest BCUT2D eigenvalue weighted by molar-refractivity contribution is 0.180. The van der Waals surface area contributed by atoms with Crippen LogP contribution in [0.3, 0.4) is 0 Å². The monoisotopic (exact) mass is 419 g/mol. The van der Waals surface area contributed by atoms with E-state index >= 15 is 0 Å². The summed E-state index contributed by atoms with van der Waals surface area (Å²) in [5.74, 6) is 4.58. The van der Waals surface area contributed by atoms with Crippen LogP contribution in [0.4, 0.5) is 0 Å². The molecule has 2 aromatic carbocycles. The van der Waals surface area contributed by atoms with Crippen molar-refractivity contribution in [1.29, 1.82) is 0 Å². The summed E-state index contributed by atoms with van der Waals surface area (Å²) in [5.41, 5.74) is 5.25. The molecule has 7 nitrogen and oxygen atoms in total. The van der Waals surface area contributed by atoms with Gasteiger partial charge in [0, 0.05) is 34.6 Å². The summed E-state index contributed by atoms with van der Waals surface area (Å²) in [7, 11) is 7.29. The molecule has 0 radical (unpaired) electrons. The summed E-state index contributed by atoms with van der Waals surface area (Å²) in [6, 6.07) is 9.79. The number of oxime groups is 1. The molecule has 0 spiro atoms. The van der Waals surface area contributed by atoms with Crippen molar-refractivity contribution >= 4 is 16.6 Å². The smallest absolute Gasteiger partial charge is 0.177 e. The van der Waals surface area contributed by atoms with Crippen molar-refractivity contribution in [1.82, 2.24) is 9.88 Å². The van der Waals surface area contributed by atoms with Gasteiger partial charge in [0.2, 0.25) is 0 Å². The first-order valence-corrected chi connectivity index (χ1v) is 9.91. The predicted octanol–water partition coefficient (Wildman–Crippen LogP) is 3.51. The predicted molar refractivity (Wildman–Crippen MR) is 121 cm³/mol. The SMILES string of the molecule is C#CCON=C1c2c(OC)cc(OC)cc2-c2[nH]c3ccc(OCCN(C)C)cc3c21. The normalized spacial score (nSPS) is 13.2. The average Bonchev–Trinajstić information content (AvgIpc) is 3.28. The lowest BCUT2D eigenvalue weighted by atomic mass is 10.0. The van der Waals surface area contributed by atoms with Gasteiger partial charge >= 0.3 is 0 Å². The fourth-order valence-electron chi connectivity index (χ4n) is 3.72. The number of H-pyrrole nitrogens is 1. The van der Waals surface area contributed by atoms with E-state index in [0.717, 1.165) is 45.6 Å². The molecule has 1 aromatic heterocycles. The van der Waals surface area contributed by atoms with E-state index in [4.69, 9.17) is 25.5 Å². The Morgan fingerprint density at radius 3 is 2.61 bits per heavy atom. The highest BCUT2D eigenvalue weighted by Crippen LogP contribution is 2.47. The Balaban J connectivity index is 1.86. The van der Waals surface area contributed by atoms with E-state index < -0.39 is 0 Å². The van der Waals surface area contributed by atoms with Crippen LogP contribution in [0.1, 0.15) is 11.1 Å². The van der Waals surface area contributed by atoms with Gasteiger partial charge in [-0.25, -0.2) is 0 Å². The number of hydrogen-bond donors (Lipinski definition) is 1. The number of aromatic nitrogens is 1. The zero-order valence-electron chi connectivity index (χ0n) is 18.1. The van der Waals surface area contributed by atoms with Gasteiger partial charge in [-0.1, -0.05) is 11.1 Å². The van der Waals surface area contributed by atoms with Crippen molar-refractivity contribution < 1.29 is 19.0 Å². The van der Waals surface area contributed by atoms with Crippen LogP contribution in [0.15, 0.2) is 35.5 Å². The van der Waals surface area contributed by atoms with Crippen molar-refractivity contribution in [3.63, 3.8) is 0 Å². The third kappa shape index (κ3) is 3.78. The highest BCUT2D eigenvalue weighted by Gasteiger charge is 2.33. The Morgan fingerprint density at radius 1 is 1.06 bits per heavy atom. The summed E-state index contributed by atoms with van der Waals surface area (Å²) in [6.07, 6.45) is 5.34. The Morgan fingerprint density at radius 2 is 1.90 bits per heavy atom. The number of likely N-dealkylation sites (N-methyl/N-ethyl adjacent to an activating group) is 1. The van der Waals surface area contributed by atoms with Crippen LogP contribution in [-0.2, 0) is 4.84 Å². The van der Waals surface area contributed by atoms with Crippen LogP contribution >= 0.6 is 0 Å². The molecule has 1 N–H and O–H groups in total. The third-order valence-electron chi connectivity index (χ3n) is 5.16. The van der Waals surface area contributed by atoms with E-state index in [-0.39, 0.29) is 6.61 Å². The average molecular weight is 419 g/mol. The van der Waals surface area contributed by atoms with Gasteiger partial charge in [-0.2, -0.15) is 0 Å². The molecule has 3 aromatic rings. The fourth-order valence-corrected chi connectivity index (χ4v) is 3.72. The zero-order chi connectivity index (χ0) is 22.0. The molecular formula is C24H25N3O4. The Labute approximate surface area is 181 Å². The minimum absolute atomic E-state index is 0.0773. The van der Waals surface area contributed by atoms with Crippen LogP contribution in [0, 0.1) is 12.3 Å². The molecular weight excluding hydrogens is 394 g/mol. The second-order valence-electron chi connectivity index (χ2n) is 7.40. The zero-order valence-corrected chi connectivity index (χ0v) is 18.1. The van der Waals surface area contributed by atoms with Gasteiger partial charge in [-0.15, -0.1) is 6.42 Å². The summed E-state index contributed by atoms with van der Waals surface area (Å²) in [5, 5.41) is 5.37. The summed E-state index contributed by atoms with van der Waals surface area (Å²) < 4.78 is 17.1. The molecule has 7 heteroatoms. The van der Waals surface area contributed by atoms with Gasteiger partial charge in [0.25, 0.3) is 0 Å². The van der Waals surface area contributed by atoms with Crippen LogP contribution < -0.4 is 14.2 Å². The van der Waals surface area contributed by atoms with Gasteiger partial charge in [0.05, 0.1) is 25.5 Å². The van der Waals surface area contributed by atoms with Crippen molar-refractivity contribution in [3.05, 3.63) is 41.5 Å². The fraction of sp³-hybridized carbons (Fsp3) is 0.292. The van der Waals surface area contributed by atoms with Gasteiger partial charge in [-0.3, -0.25) is 0 Å². The molecule has 1 heterocycles. The maximum absolute atomic E-state index is 5.95. The highest BCUT2D eigenvalue weighted by atomic mass is 16.6. The number of nitrogens with zero attached hydrogens (tertiary/aromatic N) is 2. The summed E-state index contributed by atoms with van der Waals surface area (Å²) in [4.78, 5) is 11.0. The summed E-state index contributed by atoms with van der Waals surface area (Å²) in [6.45, 7) is 1.51. The molecule has 1 aliphatic rings. The first-order valence-electron chi connectivity index (χ1n) is 9.91. The maximum atomic E-state index is 5.95. The number of rotatable bonds is 8. The van der Waals surface area contributed by atoms with Crippen LogP contribution in [0.25, 0.3) is 22.2 Å². The number of aromatic amines is 1. The topological polar surface area (TPSA) is 68.3 Å². The molecule has 160 valence electrons. The van der Waals surface area contributed by atoms with E-state index in [2.05, 4.69) is 21.0 Å². The lowest BCUT2D eigenvalue weighted by Crippen LogP contribution is -2.19. The summed E-state index contributed by atoms with van der Waals surface area (Å²) >= 11 is 0. The van der Waals surface area contributed by atoms with Gasteiger partial charge in [0.15, 0.2) is 6.61 Å². The molecule has 1 aliphatic carbocycles. The number of ether oxygens (including phenoxy) is 3. The van der Waals surface area contributed by atoms with Gasteiger partial charge in [-0.05, 0) is 38.4 Å². The molecule has 0 saturated carbocycles. The lowest BCUT2D eigenvalue weighted by Gasteiger charge is -2.12. The van der Waals surface area contributed by atoms with Crippen molar-refractivity contribution in [2.75, 3.05) is 48.1 Å². The number of methoxy groups -OCH3 is 2. The molecule has 31 heavy (non-hydrogen) atoms. The Bertz CT molecular complexity index is 1190. The van der Waals surface area contributed by atoms with E-state index in [1.807, 2.05) is 44.4 Å². The van der Waals surface area contributed by atoms with E-state index in [1.165, 1.54) is 0 Å². The molecule has 0 saturated heterocycles. The van der Waals surface area contributed by atoms with Crippen molar-refractivity contribution in [3.8, 4) is 40.8 Å². The minimum atomic E-state index is 0.0773. The number of nitrogens with one attached hydrogen (secondary N) is 1. The first kappa shape index (κ1) is 20.6. The Hall–Kier alpha value is -3.63. The molecule has 0 aliphatic heterocycles. The Kier molecular flexibility index (Phi) is 5.74. The van der Waals surface area contributed by atoms with Crippen LogP contribution in [-0.4, -0.2) is 63.7 Å². The number of benzene rings is 2. The standard InChI is InChI=1S/C24H25N3O4/c1-6-10-31-26-24-21-18(13-16(28-4)14-20(21)29-5)23-22(24)17-12-15(7-8-19(17)25-23)30-11-9-27(2)3/h1,7-8,12-14,25H,9-11H2,2-5H3. The molecule has 0 fully saturated rings. The second kappa shape index (κ2) is 8.62. The second-order valence-corrected chi connectivity index (χ2v) is 7.40. The molecule has 0 atom stereocenters. The quantitative estimate of drug-likeness (QED) is 0.269. The van der Waals surface area contributed by atoms with E-state index in [9.17, 15) is 0 Å². The van der Waals surface area contributed by atoms with Gasteiger partial charge in [0.1, 0.15) is 29.6 Å². The number of terminal acetylenes is 1. The van der Waals surface area contributed by atoms with Gasteiger partial charge < -0.3 is 28.9 Å². The molecule has 0 unspecified atom stereocenters. The van der Waals surface area contributed by atoms with Crippen LogP contribution in [0.2, 0.25) is 0 Å². The largest absolute Gasteiger partial charge is 0.497 e. The first-order chi connectivity index (χ1) is 15.1. The number of hydrogen-bond acceptors (Lipinski definition) is 6. The third-order valence-corrected chi connectivity index (χ3v) is 5.16. The van der Waals surface area contributed by atoms with Crippen LogP contribution in [0.5, 0.6) is 17.2 Å². The van der Waals surface area contributed by atoms with Crippen molar-refractivity contribution in [2.24, 2.45) is 5.16 Å².